The number of hydrogen-bond acceptors (Lipinski definition) is 3. The molecule has 14 heavy (non-hydrogen) atoms. The summed E-state index contributed by atoms with van der Waals surface area (Å²) in [6, 6.07) is 0. The molecule has 0 bridgehead atoms. The van der Waals surface area contributed by atoms with E-state index in [0.717, 1.165) is 5.71 Å². The summed E-state index contributed by atoms with van der Waals surface area (Å²) in [6.45, 7) is 5.82. The van der Waals surface area contributed by atoms with Crippen LogP contribution in [0.5, 0.6) is 0 Å². The van der Waals surface area contributed by atoms with Gasteiger partial charge in [-0.25, -0.2) is 0 Å². The normalized spacial score (nSPS) is 30.7. The average Bonchev–Trinajstić information content (AvgIpc) is 2.02. The third-order valence-electron chi connectivity index (χ3n) is 3.31. The molecule has 2 atom stereocenters. The van der Waals surface area contributed by atoms with Crippen LogP contribution in [0.2, 0.25) is 0 Å². The van der Waals surface area contributed by atoms with Crippen molar-refractivity contribution in [3.05, 3.63) is 0 Å². The molecule has 1 saturated carbocycles. The maximum Gasteiger partial charge on any atom is 0.307 e. The van der Waals surface area contributed by atoms with Crippen LogP contribution in [0.25, 0.3) is 0 Å². The summed E-state index contributed by atoms with van der Waals surface area (Å²) < 4.78 is 0. The van der Waals surface area contributed by atoms with E-state index in [4.69, 9.17) is 9.94 Å². The Balaban J connectivity index is 2.72. The Morgan fingerprint density at radius 1 is 1.50 bits per heavy atom. The standard InChI is InChI=1S/C10H17NO3/c1-6(11-14-4)7-5-8(9(12)13)10(7,2)3/h7-8H,5H2,1-4H3,(H,12,13)/b11-6+/t7-,8+/m0/s1. The van der Waals surface area contributed by atoms with Crippen LogP contribution in [-0.2, 0) is 9.63 Å². The highest BCUT2D eigenvalue weighted by atomic mass is 16.6. The molecule has 0 spiro atoms. The molecular weight excluding hydrogens is 182 g/mol. The van der Waals surface area contributed by atoms with Gasteiger partial charge in [0, 0.05) is 5.92 Å². The molecule has 0 aromatic carbocycles. The van der Waals surface area contributed by atoms with E-state index in [2.05, 4.69) is 5.16 Å². The van der Waals surface area contributed by atoms with E-state index in [1.807, 2.05) is 20.8 Å². The third-order valence-corrected chi connectivity index (χ3v) is 3.31. The highest BCUT2D eigenvalue weighted by molar-refractivity contribution is 5.88. The maximum absolute atomic E-state index is 10.9. The molecule has 4 nitrogen and oxygen atoms in total. The highest BCUT2D eigenvalue weighted by Gasteiger charge is 2.53. The van der Waals surface area contributed by atoms with Gasteiger partial charge in [-0.1, -0.05) is 19.0 Å². The number of aliphatic carboxylic acids is 1. The lowest BCUT2D eigenvalue weighted by Gasteiger charge is -2.49. The molecule has 0 amide bonds. The zero-order valence-corrected chi connectivity index (χ0v) is 9.07. The molecule has 1 aliphatic rings. The third kappa shape index (κ3) is 1.61. The molecule has 4 heteroatoms. The van der Waals surface area contributed by atoms with E-state index in [9.17, 15) is 4.79 Å². The summed E-state index contributed by atoms with van der Waals surface area (Å²) in [7, 11) is 1.50. The zero-order valence-electron chi connectivity index (χ0n) is 9.07. The van der Waals surface area contributed by atoms with Crippen molar-refractivity contribution in [3.63, 3.8) is 0 Å². The molecule has 0 radical (unpaired) electrons. The van der Waals surface area contributed by atoms with Gasteiger partial charge in [-0.05, 0) is 18.8 Å². The van der Waals surface area contributed by atoms with Gasteiger partial charge in [0.15, 0.2) is 0 Å². The van der Waals surface area contributed by atoms with Gasteiger partial charge >= 0.3 is 5.97 Å². The number of rotatable bonds is 3. The van der Waals surface area contributed by atoms with Crippen LogP contribution in [0.4, 0.5) is 0 Å². The summed E-state index contributed by atoms with van der Waals surface area (Å²) in [5.41, 5.74) is 0.674. The molecule has 0 saturated heterocycles. The second-order valence-electron chi connectivity index (χ2n) is 4.42. The second kappa shape index (κ2) is 3.59. The lowest BCUT2D eigenvalue weighted by molar-refractivity contribution is -0.155. The van der Waals surface area contributed by atoms with Gasteiger partial charge in [-0.15, -0.1) is 0 Å². The van der Waals surface area contributed by atoms with Crippen molar-refractivity contribution >= 4 is 11.7 Å². The van der Waals surface area contributed by atoms with Crippen LogP contribution in [0, 0.1) is 17.3 Å². The van der Waals surface area contributed by atoms with Gasteiger partial charge in [0.25, 0.3) is 0 Å². The van der Waals surface area contributed by atoms with Gasteiger partial charge in [0.2, 0.25) is 0 Å². The van der Waals surface area contributed by atoms with Crippen LogP contribution in [-0.4, -0.2) is 23.9 Å². The van der Waals surface area contributed by atoms with Gasteiger partial charge in [-0.2, -0.15) is 0 Å². The number of oxime groups is 1. The molecule has 1 N–H and O–H groups in total. The number of carboxylic acid groups (broad SMARTS) is 1. The maximum atomic E-state index is 10.9. The van der Waals surface area contributed by atoms with Gasteiger partial charge in [0.05, 0.1) is 11.6 Å². The first-order valence-electron chi connectivity index (χ1n) is 4.71. The second-order valence-corrected chi connectivity index (χ2v) is 4.42. The topological polar surface area (TPSA) is 58.9 Å². The fourth-order valence-electron chi connectivity index (χ4n) is 2.26. The van der Waals surface area contributed by atoms with Crippen molar-refractivity contribution in [1.29, 1.82) is 0 Å². The number of nitrogens with zero attached hydrogens (tertiary/aromatic N) is 1. The minimum Gasteiger partial charge on any atom is -0.481 e. The van der Waals surface area contributed by atoms with E-state index in [-0.39, 0.29) is 17.3 Å². The Morgan fingerprint density at radius 3 is 2.43 bits per heavy atom. The highest BCUT2D eigenvalue weighted by Crippen LogP contribution is 2.51. The molecule has 1 fully saturated rings. The molecule has 1 rings (SSSR count). The Kier molecular flexibility index (Phi) is 2.83. The lowest BCUT2D eigenvalue weighted by Crippen LogP contribution is -2.51. The van der Waals surface area contributed by atoms with Crippen molar-refractivity contribution in [2.75, 3.05) is 7.11 Å². The quantitative estimate of drug-likeness (QED) is 0.556. The molecular formula is C10H17NO3. The first kappa shape index (κ1) is 11.0. The van der Waals surface area contributed by atoms with Crippen molar-refractivity contribution < 1.29 is 14.7 Å². The van der Waals surface area contributed by atoms with Gasteiger partial charge < -0.3 is 9.94 Å². The Labute approximate surface area is 83.9 Å². The number of hydrogen-bond donors (Lipinski definition) is 1. The van der Waals surface area contributed by atoms with E-state index >= 15 is 0 Å². The van der Waals surface area contributed by atoms with Crippen LogP contribution in [0.15, 0.2) is 5.16 Å². The van der Waals surface area contributed by atoms with Crippen LogP contribution in [0.1, 0.15) is 27.2 Å². The smallest absolute Gasteiger partial charge is 0.307 e. The monoisotopic (exact) mass is 199 g/mol. The van der Waals surface area contributed by atoms with Gasteiger partial charge in [-0.3, -0.25) is 4.79 Å². The van der Waals surface area contributed by atoms with Crippen molar-refractivity contribution in [3.8, 4) is 0 Å². The SMILES string of the molecule is CO/N=C(\C)[C@@H]1C[C@H](C(=O)O)C1(C)C. The average molecular weight is 199 g/mol. The molecule has 80 valence electrons. The van der Waals surface area contributed by atoms with Crippen LogP contribution in [0.3, 0.4) is 0 Å². The summed E-state index contributed by atoms with van der Waals surface area (Å²) >= 11 is 0. The molecule has 1 aliphatic carbocycles. The van der Waals surface area contributed by atoms with Crippen molar-refractivity contribution in [2.24, 2.45) is 22.4 Å². The fraction of sp³-hybridized carbons (Fsp3) is 0.800. The largest absolute Gasteiger partial charge is 0.481 e. The fourth-order valence-corrected chi connectivity index (χ4v) is 2.26. The van der Waals surface area contributed by atoms with E-state index in [1.54, 1.807) is 0 Å². The molecule has 0 aromatic rings. The predicted molar refractivity (Wildman–Crippen MR) is 53.1 cm³/mol. The Morgan fingerprint density at radius 2 is 2.07 bits per heavy atom. The minimum atomic E-state index is -0.712. The number of carboxylic acids is 1. The van der Waals surface area contributed by atoms with Crippen LogP contribution >= 0.6 is 0 Å². The van der Waals surface area contributed by atoms with Crippen LogP contribution < -0.4 is 0 Å². The van der Waals surface area contributed by atoms with E-state index in [1.165, 1.54) is 7.11 Å². The summed E-state index contributed by atoms with van der Waals surface area (Å²) in [5, 5.41) is 12.8. The number of carbonyl (C=O) groups is 1. The Hall–Kier alpha value is -1.06. The van der Waals surface area contributed by atoms with Crippen molar-refractivity contribution in [1.82, 2.24) is 0 Å². The molecule has 0 aliphatic heterocycles. The molecule has 0 aromatic heterocycles. The molecule has 0 heterocycles. The first-order valence-corrected chi connectivity index (χ1v) is 4.71. The van der Waals surface area contributed by atoms with Crippen molar-refractivity contribution in [2.45, 2.75) is 27.2 Å². The minimum absolute atomic E-state index is 0.210. The first-order chi connectivity index (χ1) is 6.41. The summed E-state index contributed by atoms with van der Waals surface area (Å²) in [5.74, 6) is -0.741. The summed E-state index contributed by atoms with van der Waals surface area (Å²) in [6.07, 6.45) is 0.668. The van der Waals surface area contributed by atoms with Gasteiger partial charge in [0.1, 0.15) is 7.11 Å². The zero-order chi connectivity index (χ0) is 10.9. The molecule has 0 unspecified atom stereocenters. The lowest BCUT2D eigenvalue weighted by atomic mass is 9.53. The van der Waals surface area contributed by atoms with E-state index in [0.29, 0.717) is 6.42 Å². The summed E-state index contributed by atoms with van der Waals surface area (Å²) in [4.78, 5) is 15.5. The van der Waals surface area contributed by atoms with E-state index < -0.39 is 5.97 Å². The Bertz CT molecular complexity index is 271. The predicted octanol–water partition coefficient (Wildman–Crippen LogP) is 1.76.